The molecule has 13 heteroatoms. The van der Waals surface area contributed by atoms with Gasteiger partial charge >= 0.3 is 0 Å². The average molecular weight is 626 g/mol. The zero-order valence-corrected chi connectivity index (χ0v) is 24.5. The fourth-order valence-electron chi connectivity index (χ4n) is 5.52. The number of halogens is 3. The molecule has 2 aromatic rings. The van der Waals surface area contributed by atoms with Gasteiger partial charge in [0.05, 0.1) is 24.8 Å². The summed E-state index contributed by atoms with van der Waals surface area (Å²) >= 11 is 18.7. The highest BCUT2D eigenvalue weighted by Crippen LogP contribution is 2.40. The van der Waals surface area contributed by atoms with Crippen LogP contribution in [0, 0.1) is 0 Å². The van der Waals surface area contributed by atoms with Gasteiger partial charge in [0.15, 0.2) is 0 Å². The summed E-state index contributed by atoms with van der Waals surface area (Å²) in [4.78, 5) is 32.9. The molecule has 4 aliphatic rings. The SMILES string of the molecule is O=C1C(Cc2cccc(Cl)c2)N2C(=O)C(N3CCOCC3)CN(S(=O)(=O)c3ccc(Cl)cc3Cl)C2=CN1C1CC1. The van der Waals surface area contributed by atoms with Gasteiger partial charge in [0, 0.05) is 41.8 Å². The van der Waals surface area contributed by atoms with Crippen LogP contribution in [0.5, 0.6) is 0 Å². The van der Waals surface area contributed by atoms with Crippen molar-refractivity contribution in [1.29, 1.82) is 0 Å². The van der Waals surface area contributed by atoms with Gasteiger partial charge < -0.3 is 9.64 Å². The number of morpholine rings is 1. The fraction of sp³-hybridized carbons (Fsp3) is 0.407. The number of nitrogens with zero attached hydrogens (tertiary/aromatic N) is 4. The van der Waals surface area contributed by atoms with Crippen LogP contribution in [0.4, 0.5) is 0 Å². The summed E-state index contributed by atoms with van der Waals surface area (Å²) in [5.41, 5.74) is 0.763. The Hall–Kier alpha value is -2.34. The van der Waals surface area contributed by atoms with Crippen LogP contribution >= 0.6 is 34.8 Å². The number of carbonyl (C=O) groups is 2. The lowest BCUT2D eigenvalue weighted by Crippen LogP contribution is -2.68. The van der Waals surface area contributed by atoms with Crippen molar-refractivity contribution in [2.24, 2.45) is 0 Å². The molecule has 0 spiro atoms. The maximum atomic E-state index is 14.2. The number of fused-ring (bicyclic) bond motifs is 1. The number of ether oxygens (including phenoxy) is 1. The number of hydrogen-bond acceptors (Lipinski definition) is 6. The fourth-order valence-corrected chi connectivity index (χ4v) is 7.94. The molecule has 3 fully saturated rings. The van der Waals surface area contributed by atoms with Gasteiger partial charge in [0.25, 0.3) is 10.0 Å². The van der Waals surface area contributed by atoms with E-state index in [1.807, 2.05) is 11.0 Å². The molecular formula is C27H27Cl3N4O5S. The molecule has 0 N–H and O–H groups in total. The molecule has 2 aromatic carbocycles. The molecular weight excluding hydrogens is 599 g/mol. The van der Waals surface area contributed by atoms with Crippen molar-refractivity contribution < 1.29 is 22.7 Å². The molecule has 0 aromatic heterocycles. The first-order valence-electron chi connectivity index (χ1n) is 13.1. The molecule has 9 nitrogen and oxygen atoms in total. The van der Waals surface area contributed by atoms with Crippen molar-refractivity contribution in [3.63, 3.8) is 0 Å². The lowest BCUT2D eigenvalue weighted by atomic mass is 9.99. The van der Waals surface area contributed by atoms with Crippen molar-refractivity contribution in [2.75, 3.05) is 32.8 Å². The first-order chi connectivity index (χ1) is 19.1. The van der Waals surface area contributed by atoms with E-state index in [1.54, 1.807) is 23.1 Å². The van der Waals surface area contributed by atoms with Gasteiger partial charge in [-0.15, -0.1) is 0 Å². The van der Waals surface area contributed by atoms with Gasteiger partial charge in [0.2, 0.25) is 11.8 Å². The molecule has 2 unspecified atom stereocenters. The number of benzene rings is 2. The quantitative estimate of drug-likeness (QED) is 0.488. The number of hydrogen-bond donors (Lipinski definition) is 0. The molecule has 0 bridgehead atoms. The van der Waals surface area contributed by atoms with Crippen molar-refractivity contribution in [3.8, 4) is 0 Å². The smallest absolute Gasteiger partial charge is 0.267 e. The Kier molecular flexibility index (Phi) is 7.52. The van der Waals surface area contributed by atoms with Crippen LogP contribution in [0.25, 0.3) is 0 Å². The number of carbonyl (C=O) groups excluding carboxylic acids is 2. The maximum absolute atomic E-state index is 14.2. The van der Waals surface area contributed by atoms with Gasteiger partial charge in [-0.3, -0.25) is 19.4 Å². The average Bonchev–Trinajstić information content (AvgIpc) is 3.76. The first kappa shape index (κ1) is 27.8. The number of amides is 2. The van der Waals surface area contributed by atoms with E-state index in [4.69, 9.17) is 39.5 Å². The van der Waals surface area contributed by atoms with Crippen molar-refractivity contribution in [3.05, 3.63) is 75.1 Å². The Morgan fingerprint density at radius 1 is 0.925 bits per heavy atom. The van der Waals surface area contributed by atoms with Crippen molar-refractivity contribution >= 4 is 56.6 Å². The van der Waals surface area contributed by atoms with Crippen LogP contribution in [-0.4, -0.2) is 90.2 Å². The molecule has 2 saturated heterocycles. The Morgan fingerprint density at radius 2 is 1.65 bits per heavy atom. The summed E-state index contributed by atoms with van der Waals surface area (Å²) in [5.74, 6) is -0.430. The van der Waals surface area contributed by atoms with Gasteiger partial charge in [-0.2, -0.15) is 0 Å². The zero-order chi connectivity index (χ0) is 28.2. The van der Waals surface area contributed by atoms with E-state index in [-0.39, 0.29) is 46.6 Å². The minimum Gasteiger partial charge on any atom is -0.379 e. The minimum absolute atomic E-state index is 0.0270. The topological polar surface area (TPSA) is 90.5 Å². The van der Waals surface area contributed by atoms with E-state index in [0.29, 0.717) is 36.3 Å². The predicted octanol–water partition coefficient (Wildman–Crippen LogP) is 3.60. The molecule has 6 rings (SSSR count). The highest BCUT2D eigenvalue weighted by molar-refractivity contribution is 7.89. The molecule has 1 aliphatic carbocycles. The summed E-state index contributed by atoms with van der Waals surface area (Å²) in [6, 6.07) is 9.51. The lowest BCUT2D eigenvalue weighted by Gasteiger charge is -2.50. The highest BCUT2D eigenvalue weighted by Gasteiger charge is 2.53. The first-order valence-corrected chi connectivity index (χ1v) is 15.6. The van der Waals surface area contributed by atoms with Crippen LogP contribution in [0.2, 0.25) is 15.1 Å². The van der Waals surface area contributed by atoms with Crippen LogP contribution in [-0.2, 0) is 30.8 Å². The summed E-state index contributed by atoms with van der Waals surface area (Å²) in [7, 11) is -4.26. The molecule has 212 valence electrons. The van der Waals surface area contributed by atoms with Gasteiger partial charge in [-0.25, -0.2) is 12.7 Å². The van der Waals surface area contributed by atoms with Crippen molar-refractivity contribution in [2.45, 2.75) is 42.3 Å². The van der Waals surface area contributed by atoms with Gasteiger partial charge in [0.1, 0.15) is 22.8 Å². The third-order valence-corrected chi connectivity index (χ3v) is 10.4. The minimum atomic E-state index is -4.26. The summed E-state index contributed by atoms with van der Waals surface area (Å²) < 4.78 is 35.2. The van der Waals surface area contributed by atoms with Crippen LogP contribution in [0.15, 0.2) is 59.4 Å². The van der Waals surface area contributed by atoms with E-state index in [0.717, 1.165) is 18.4 Å². The van der Waals surface area contributed by atoms with E-state index >= 15 is 0 Å². The Balaban J connectivity index is 1.48. The van der Waals surface area contributed by atoms with E-state index in [9.17, 15) is 18.0 Å². The van der Waals surface area contributed by atoms with E-state index in [1.165, 1.54) is 33.6 Å². The molecule has 3 heterocycles. The Morgan fingerprint density at radius 3 is 2.33 bits per heavy atom. The molecule has 2 amide bonds. The molecule has 1 saturated carbocycles. The summed E-state index contributed by atoms with van der Waals surface area (Å²) in [5, 5.41) is 0.781. The Bertz CT molecular complexity index is 1490. The zero-order valence-electron chi connectivity index (χ0n) is 21.4. The normalized spacial score (nSPS) is 24.3. The van der Waals surface area contributed by atoms with Gasteiger partial charge in [-0.1, -0.05) is 46.9 Å². The Labute approximate surface area is 247 Å². The number of sulfonamides is 1. The monoisotopic (exact) mass is 624 g/mol. The summed E-state index contributed by atoms with van der Waals surface area (Å²) in [6.07, 6.45) is 3.30. The third kappa shape index (κ3) is 5.10. The predicted molar refractivity (Wildman–Crippen MR) is 150 cm³/mol. The van der Waals surface area contributed by atoms with Crippen molar-refractivity contribution in [1.82, 2.24) is 19.0 Å². The van der Waals surface area contributed by atoms with E-state index < -0.39 is 22.1 Å². The van der Waals surface area contributed by atoms with Gasteiger partial charge in [-0.05, 0) is 48.7 Å². The second-order valence-corrected chi connectivity index (χ2v) is 13.4. The second kappa shape index (κ2) is 10.8. The third-order valence-electron chi connectivity index (χ3n) is 7.68. The molecule has 3 aliphatic heterocycles. The van der Waals surface area contributed by atoms with E-state index in [2.05, 4.69) is 0 Å². The lowest BCUT2D eigenvalue weighted by molar-refractivity contribution is -0.153. The summed E-state index contributed by atoms with van der Waals surface area (Å²) in [6.45, 7) is 1.63. The standard InChI is InChI=1S/C27H27Cl3N4O5S/c28-18-3-1-2-17(12-18)13-22-26(35)32(20-5-6-20)16-25-33(40(37,38)24-7-4-19(29)14-21(24)30)15-23(27(36)34(22)25)31-8-10-39-11-9-31/h1-4,7,12,14,16,20,22-23H,5-6,8-11,13,15H2. The number of rotatable bonds is 6. The molecule has 0 radical (unpaired) electrons. The molecule has 2 atom stereocenters. The van der Waals surface area contributed by atoms with Crippen LogP contribution < -0.4 is 0 Å². The largest absolute Gasteiger partial charge is 0.379 e. The second-order valence-electron chi connectivity index (χ2n) is 10.3. The highest BCUT2D eigenvalue weighted by atomic mass is 35.5. The maximum Gasteiger partial charge on any atom is 0.267 e. The van der Waals surface area contributed by atoms with Crippen LogP contribution in [0.1, 0.15) is 18.4 Å². The molecule has 40 heavy (non-hydrogen) atoms. The van der Waals surface area contributed by atoms with Crippen LogP contribution in [0.3, 0.4) is 0 Å².